The molecule has 0 atom stereocenters. The van der Waals surface area contributed by atoms with Crippen molar-refractivity contribution in [1.29, 1.82) is 0 Å². The zero-order valence-corrected chi connectivity index (χ0v) is 12.1. The van der Waals surface area contributed by atoms with Gasteiger partial charge in [-0.15, -0.1) is 12.4 Å². The molecular formula is C13H12BrClN2O. The number of hydrogen-bond donors (Lipinski definition) is 1. The number of pyridine rings is 1. The highest BCUT2D eigenvalue weighted by Crippen LogP contribution is 2.20. The minimum Gasteiger partial charge on any atom is -0.322 e. The van der Waals surface area contributed by atoms with E-state index in [1.165, 1.54) is 0 Å². The Balaban J connectivity index is 0.00000162. The first-order valence-corrected chi connectivity index (χ1v) is 5.93. The molecule has 0 spiro atoms. The normalized spacial score (nSPS) is 9.44. The van der Waals surface area contributed by atoms with E-state index in [4.69, 9.17) is 0 Å². The number of hydrogen-bond acceptors (Lipinski definition) is 2. The lowest BCUT2D eigenvalue weighted by Crippen LogP contribution is -2.12. The molecule has 1 aromatic heterocycles. The smallest absolute Gasteiger partial charge is 0.257 e. The standard InChI is InChI=1S/C13H11BrN2O.ClH/c1-9-7-11(4-5-12(9)14)16-13(17)10-3-2-6-15-8-10;/h2-8H,1H3,(H,16,17);1H. The predicted octanol–water partition coefficient (Wildman–Crippen LogP) is 3.83. The van der Waals surface area contributed by atoms with Gasteiger partial charge in [-0.25, -0.2) is 0 Å². The molecule has 0 radical (unpaired) electrons. The number of nitrogens with zero attached hydrogens (tertiary/aromatic N) is 1. The lowest BCUT2D eigenvalue weighted by Gasteiger charge is -2.06. The maximum Gasteiger partial charge on any atom is 0.257 e. The van der Waals surface area contributed by atoms with Crippen LogP contribution in [0, 0.1) is 6.92 Å². The van der Waals surface area contributed by atoms with Gasteiger partial charge in [0, 0.05) is 22.6 Å². The maximum atomic E-state index is 11.8. The van der Waals surface area contributed by atoms with Crippen molar-refractivity contribution in [2.75, 3.05) is 5.32 Å². The number of halogens is 2. The summed E-state index contributed by atoms with van der Waals surface area (Å²) in [6, 6.07) is 9.15. The Morgan fingerprint density at radius 3 is 2.72 bits per heavy atom. The summed E-state index contributed by atoms with van der Waals surface area (Å²) in [4.78, 5) is 15.8. The summed E-state index contributed by atoms with van der Waals surface area (Å²) in [6.45, 7) is 1.98. The van der Waals surface area contributed by atoms with Crippen LogP contribution in [0.4, 0.5) is 5.69 Å². The van der Waals surface area contributed by atoms with Crippen LogP contribution in [-0.2, 0) is 0 Å². The minimum absolute atomic E-state index is 0. The fraction of sp³-hybridized carbons (Fsp3) is 0.0769. The monoisotopic (exact) mass is 326 g/mol. The van der Waals surface area contributed by atoms with E-state index in [1.807, 2.05) is 25.1 Å². The summed E-state index contributed by atoms with van der Waals surface area (Å²) < 4.78 is 1.02. The number of carbonyl (C=O) groups excluding carboxylic acids is 1. The lowest BCUT2D eigenvalue weighted by atomic mass is 10.2. The van der Waals surface area contributed by atoms with Gasteiger partial charge in [0.15, 0.2) is 0 Å². The Hall–Kier alpha value is -1.39. The van der Waals surface area contributed by atoms with Gasteiger partial charge in [-0.2, -0.15) is 0 Å². The molecule has 1 amide bonds. The first-order chi connectivity index (χ1) is 8.16. The van der Waals surface area contributed by atoms with Gasteiger partial charge in [0.1, 0.15) is 0 Å². The molecule has 3 nitrogen and oxygen atoms in total. The Bertz CT molecular complexity index is 546. The molecule has 0 saturated carbocycles. The van der Waals surface area contributed by atoms with E-state index in [2.05, 4.69) is 26.2 Å². The number of benzene rings is 1. The minimum atomic E-state index is -0.153. The van der Waals surface area contributed by atoms with Gasteiger partial charge >= 0.3 is 0 Å². The van der Waals surface area contributed by atoms with Crippen LogP contribution in [0.2, 0.25) is 0 Å². The predicted molar refractivity (Wildman–Crippen MR) is 78.3 cm³/mol. The van der Waals surface area contributed by atoms with Crippen molar-refractivity contribution in [3.8, 4) is 0 Å². The van der Waals surface area contributed by atoms with Crippen LogP contribution in [0.5, 0.6) is 0 Å². The Morgan fingerprint density at radius 2 is 2.11 bits per heavy atom. The zero-order valence-electron chi connectivity index (χ0n) is 9.68. The molecule has 2 aromatic rings. The lowest BCUT2D eigenvalue weighted by molar-refractivity contribution is 0.102. The highest BCUT2D eigenvalue weighted by atomic mass is 79.9. The van der Waals surface area contributed by atoms with Gasteiger partial charge in [-0.3, -0.25) is 9.78 Å². The first kappa shape index (κ1) is 14.7. The van der Waals surface area contributed by atoms with Crippen LogP contribution < -0.4 is 5.32 Å². The van der Waals surface area contributed by atoms with Crippen molar-refractivity contribution in [3.63, 3.8) is 0 Å². The van der Waals surface area contributed by atoms with E-state index >= 15 is 0 Å². The quantitative estimate of drug-likeness (QED) is 0.911. The van der Waals surface area contributed by atoms with Gasteiger partial charge in [-0.1, -0.05) is 15.9 Å². The Morgan fingerprint density at radius 1 is 1.33 bits per heavy atom. The second-order valence-electron chi connectivity index (χ2n) is 3.66. The molecule has 0 saturated heterocycles. The number of anilines is 1. The number of aryl methyl sites for hydroxylation is 1. The van der Waals surface area contributed by atoms with Crippen molar-refractivity contribution in [2.45, 2.75) is 6.92 Å². The molecule has 1 aromatic carbocycles. The molecule has 2 rings (SSSR count). The van der Waals surface area contributed by atoms with Crippen LogP contribution in [-0.4, -0.2) is 10.9 Å². The van der Waals surface area contributed by atoms with Gasteiger partial charge in [-0.05, 0) is 42.8 Å². The van der Waals surface area contributed by atoms with E-state index in [0.29, 0.717) is 5.56 Å². The van der Waals surface area contributed by atoms with Crippen molar-refractivity contribution >= 4 is 39.9 Å². The van der Waals surface area contributed by atoms with Crippen LogP contribution in [0.15, 0.2) is 47.2 Å². The molecule has 0 fully saturated rings. The van der Waals surface area contributed by atoms with E-state index in [-0.39, 0.29) is 18.3 Å². The third-order valence-corrected chi connectivity index (χ3v) is 3.23. The zero-order chi connectivity index (χ0) is 12.3. The largest absolute Gasteiger partial charge is 0.322 e. The SMILES string of the molecule is Cc1cc(NC(=O)c2cccnc2)ccc1Br.Cl. The van der Waals surface area contributed by atoms with Gasteiger partial charge < -0.3 is 5.32 Å². The van der Waals surface area contributed by atoms with Crippen LogP contribution in [0.1, 0.15) is 15.9 Å². The van der Waals surface area contributed by atoms with E-state index < -0.39 is 0 Å². The molecule has 0 unspecified atom stereocenters. The molecule has 0 aliphatic carbocycles. The Labute approximate surface area is 120 Å². The van der Waals surface area contributed by atoms with Gasteiger partial charge in [0.05, 0.1) is 5.56 Å². The fourth-order valence-electron chi connectivity index (χ4n) is 1.42. The van der Waals surface area contributed by atoms with E-state index in [1.54, 1.807) is 24.5 Å². The third-order valence-electron chi connectivity index (χ3n) is 2.34. The van der Waals surface area contributed by atoms with Gasteiger partial charge in [0.2, 0.25) is 0 Å². The van der Waals surface area contributed by atoms with Crippen LogP contribution >= 0.6 is 28.3 Å². The van der Waals surface area contributed by atoms with Crippen molar-refractivity contribution in [3.05, 3.63) is 58.3 Å². The van der Waals surface area contributed by atoms with Crippen LogP contribution in [0.25, 0.3) is 0 Å². The highest BCUT2D eigenvalue weighted by Gasteiger charge is 2.06. The molecule has 0 aliphatic rings. The summed E-state index contributed by atoms with van der Waals surface area (Å²) in [5.41, 5.74) is 2.40. The van der Waals surface area contributed by atoms with Crippen molar-refractivity contribution in [2.24, 2.45) is 0 Å². The second kappa shape index (κ2) is 6.52. The number of nitrogens with one attached hydrogen (secondary N) is 1. The number of rotatable bonds is 2. The Kier molecular flexibility index (Phi) is 5.31. The summed E-state index contributed by atoms with van der Waals surface area (Å²) >= 11 is 3.42. The van der Waals surface area contributed by atoms with Crippen molar-refractivity contribution in [1.82, 2.24) is 4.98 Å². The topological polar surface area (TPSA) is 42.0 Å². The average molecular weight is 328 g/mol. The number of carbonyl (C=O) groups is 1. The first-order valence-electron chi connectivity index (χ1n) is 5.14. The number of aromatic nitrogens is 1. The second-order valence-corrected chi connectivity index (χ2v) is 4.51. The van der Waals surface area contributed by atoms with Gasteiger partial charge in [0.25, 0.3) is 5.91 Å². The third kappa shape index (κ3) is 3.55. The molecule has 1 N–H and O–H groups in total. The molecule has 0 aliphatic heterocycles. The maximum absolute atomic E-state index is 11.8. The number of amides is 1. The summed E-state index contributed by atoms with van der Waals surface area (Å²) in [5.74, 6) is -0.153. The average Bonchev–Trinajstić information content (AvgIpc) is 2.35. The summed E-state index contributed by atoms with van der Waals surface area (Å²) in [6.07, 6.45) is 3.18. The van der Waals surface area contributed by atoms with Crippen molar-refractivity contribution < 1.29 is 4.79 Å². The fourth-order valence-corrected chi connectivity index (χ4v) is 1.67. The molecule has 0 bridgehead atoms. The molecule has 94 valence electrons. The summed E-state index contributed by atoms with van der Waals surface area (Å²) in [5, 5.41) is 2.83. The molecule has 5 heteroatoms. The van der Waals surface area contributed by atoms with E-state index in [0.717, 1.165) is 15.7 Å². The molecule has 18 heavy (non-hydrogen) atoms. The molecular weight excluding hydrogens is 316 g/mol. The molecule has 1 heterocycles. The highest BCUT2D eigenvalue weighted by molar-refractivity contribution is 9.10. The van der Waals surface area contributed by atoms with E-state index in [9.17, 15) is 4.79 Å². The van der Waals surface area contributed by atoms with Crippen LogP contribution in [0.3, 0.4) is 0 Å². The summed E-state index contributed by atoms with van der Waals surface area (Å²) in [7, 11) is 0.